The van der Waals surface area contributed by atoms with Crippen LogP contribution >= 0.6 is 11.6 Å². The summed E-state index contributed by atoms with van der Waals surface area (Å²) in [5, 5.41) is 0. The number of amides is 1. The summed E-state index contributed by atoms with van der Waals surface area (Å²) in [5.74, 6) is 0.243. The molecule has 1 heterocycles. The van der Waals surface area contributed by atoms with Crippen molar-refractivity contribution in [1.29, 1.82) is 0 Å². The van der Waals surface area contributed by atoms with E-state index in [0.717, 1.165) is 0 Å². The highest BCUT2D eigenvalue weighted by molar-refractivity contribution is 6.18. The summed E-state index contributed by atoms with van der Waals surface area (Å²) in [6.45, 7) is 0.486. The average molecular weight is 215 g/mol. The minimum Gasteiger partial charge on any atom is -0.340 e. The Morgan fingerprint density at radius 2 is 2.29 bits per heavy atom. The monoisotopic (exact) mass is 214 g/mol. The van der Waals surface area contributed by atoms with Gasteiger partial charge in [0.05, 0.1) is 5.56 Å². The molecule has 0 spiro atoms. The van der Waals surface area contributed by atoms with E-state index in [9.17, 15) is 9.59 Å². The Balaban J connectivity index is 2.79. The lowest BCUT2D eigenvalue weighted by Gasteiger charge is -2.14. The Morgan fingerprint density at radius 3 is 2.79 bits per heavy atom. The van der Waals surface area contributed by atoms with Crippen molar-refractivity contribution in [3.05, 3.63) is 34.2 Å². The van der Waals surface area contributed by atoms with Gasteiger partial charge in [0.25, 0.3) is 5.91 Å². The van der Waals surface area contributed by atoms with Gasteiger partial charge >= 0.3 is 0 Å². The first-order valence-electron chi connectivity index (χ1n) is 4.15. The summed E-state index contributed by atoms with van der Waals surface area (Å²) in [7, 11) is 1.66. The number of aromatic nitrogens is 1. The van der Waals surface area contributed by atoms with Crippen LogP contribution in [0.4, 0.5) is 0 Å². The van der Waals surface area contributed by atoms with E-state index in [1.807, 2.05) is 0 Å². The molecule has 1 N–H and O–H groups in total. The molecule has 0 unspecified atom stereocenters. The zero-order chi connectivity index (χ0) is 10.6. The standard InChI is InChI=1S/C9H11ClN2O2/c1-12(5-4-10)9(14)7-2-3-8(13)11-6-7/h2-3,6H,4-5H2,1H3,(H,11,13). The Labute approximate surface area is 86.5 Å². The average Bonchev–Trinajstić information content (AvgIpc) is 2.18. The van der Waals surface area contributed by atoms with Crippen LogP contribution in [-0.2, 0) is 0 Å². The van der Waals surface area contributed by atoms with Gasteiger partial charge in [-0.1, -0.05) is 0 Å². The van der Waals surface area contributed by atoms with Gasteiger partial charge in [-0.3, -0.25) is 9.59 Å². The van der Waals surface area contributed by atoms with Gasteiger partial charge in [-0.15, -0.1) is 11.6 Å². The minimum absolute atomic E-state index is 0.151. The van der Waals surface area contributed by atoms with Crippen LogP contribution in [0, 0.1) is 0 Å². The van der Waals surface area contributed by atoms with Crippen molar-refractivity contribution in [2.45, 2.75) is 0 Å². The van der Waals surface area contributed by atoms with Crippen LogP contribution in [0.3, 0.4) is 0 Å². The number of carbonyl (C=O) groups is 1. The third-order valence-corrected chi connectivity index (χ3v) is 1.97. The van der Waals surface area contributed by atoms with E-state index >= 15 is 0 Å². The zero-order valence-corrected chi connectivity index (χ0v) is 8.54. The molecule has 1 rings (SSSR count). The molecule has 76 valence electrons. The number of hydrogen-bond donors (Lipinski definition) is 1. The van der Waals surface area contributed by atoms with Gasteiger partial charge in [-0.25, -0.2) is 0 Å². The predicted octanol–water partition coefficient (Wildman–Crippen LogP) is 0.686. The summed E-state index contributed by atoms with van der Waals surface area (Å²) >= 11 is 5.50. The molecule has 0 aliphatic heterocycles. The fourth-order valence-corrected chi connectivity index (χ4v) is 1.25. The smallest absolute Gasteiger partial charge is 0.255 e. The van der Waals surface area contributed by atoms with Gasteiger partial charge in [0, 0.05) is 31.7 Å². The molecular weight excluding hydrogens is 204 g/mol. The topological polar surface area (TPSA) is 53.2 Å². The molecule has 0 bridgehead atoms. The number of alkyl halides is 1. The predicted molar refractivity (Wildman–Crippen MR) is 54.7 cm³/mol. The maximum atomic E-state index is 11.6. The van der Waals surface area contributed by atoms with Crippen LogP contribution in [0.15, 0.2) is 23.1 Å². The highest BCUT2D eigenvalue weighted by Gasteiger charge is 2.10. The highest BCUT2D eigenvalue weighted by atomic mass is 35.5. The van der Waals surface area contributed by atoms with E-state index in [-0.39, 0.29) is 11.5 Å². The number of hydrogen-bond acceptors (Lipinski definition) is 2. The number of rotatable bonds is 3. The van der Waals surface area contributed by atoms with Crippen molar-refractivity contribution in [2.24, 2.45) is 0 Å². The third-order valence-electron chi connectivity index (χ3n) is 1.80. The fourth-order valence-electron chi connectivity index (χ4n) is 0.992. The Morgan fingerprint density at radius 1 is 1.57 bits per heavy atom. The van der Waals surface area contributed by atoms with Crippen LogP contribution in [0.25, 0.3) is 0 Å². The largest absolute Gasteiger partial charge is 0.340 e. The molecule has 0 aromatic carbocycles. The molecule has 0 fully saturated rings. The second-order valence-corrected chi connectivity index (χ2v) is 3.24. The maximum Gasteiger partial charge on any atom is 0.255 e. The van der Waals surface area contributed by atoms with Gasteiger partial charge in [-0.05, 0) is 6.07 Å². The van der Waals surface area contributed by atoms with Crippen molar-refractivity contribution in [3.8, 4) is 0 Å². The van der Waals surface area contributed by atoms with E-state index in [1.54, 1.807) is 7.05 Å². The zero-order valence-electron chi connectivity index (χ0n) is 7.79. The normalized spacial score (nSPS) is 9.86. The SMILES string of the molecule is CN(CCCl)C(=O)c1ccc(=O)[nH]c1. The lowest BCUT2D eigenvalue weighted by molar-refractivity contribution is 0.0803. The van der Waals surface area contributed by atoms with Gasteiger partial charge in [0.2, 0.25) is 5.56 Å². The molecule has 0 saturated heterocycles. The first-order valence-corrected chi connectivity index (χ1v) is 4.69. The second kappa shape index (κ2) is 4.81. The summed E-state index contributed by atoms with van der Waals surface area (Å²) < 4.78 is 0. The molecule has 1 aromatic heterocycles. The van der Waals surface area contributed by atoms with E-state index in [4.69, 9.17) is 11.6 Å². The summed E-state index contributed by atoms with van der Waals surface area (Å²) in [5.41, 5.74) is 0.235. The van der Waals surface area contributed by atoms with Gasteiger partial charge in [-0.2, -0.15) is 0 Å². The molecular formula is C9H11ClN2O2. The van der Waals surface area contributed by atoms with Crippen LogP contribution in [0.1, 0.15) is 10.4 Å². The first kappa shape index (κ1) is 10.8. The van der Waals surface area contributed by atoms with Crippen LogP contribution < -0.4 is 5.56 Å². The lowest BCUT2D eigenvalue weighted by atomic mass is 10.2. The number of nitrogens with zero attached hydrogens (tertiary/aromatic N) is 1. The van der Waals surface area contributed by atoms with E-state index in [1.165, 1.54) is 23.2 Å². The fraction of sp³-hybridized carbons (Fsp3) is 0.333. The summed E-state index contributed by atoms with van der Waals surface area (Å²) in [4.78, 5) is 26.3. The number of halogens is 1. The number of nitrogens with one attached hydrogen (secondary N) is 1. The molecule has 0 aliphatic carbocycles. The summed E-state index contributed by atoms with van der Waals surface area (Å²) in [6.07, 6.45) is 1.40. The number of aromatic amines is 1. The lowest BCUT2D eigenvalue weighted by Crippen LogP contribution is -2.29. The molecule has 1 amide bonds. The van der Waals surface area contributed by atoms with Crippen LogP contribution in [-0.4, -0.2) is 35.3 Å². The van der Waals surface area contributed by atoms with Crippen LogP contribution in [0.2, 0.25) is 0 Å². The van der Waals surface area contributed by atoms with Crippen molar-refractivity contribution in [2.75, 3.05) is 19.5 Å². The number of pyridine rings is 1. The molecule has 0 aliphatic rings. The molecule has 14 heavy (non-hydrogen) atoms. The Kier molecular flexibility index (Phi) is 3.71. The number of H-pyrrole nitrogens is 1. The first-order chi connectivity index (χ1) is 6.65. The molecule has 0 saturated carbocycles. The van der Waals surface area contributed by atoms with E-state index in [2.05, 4.69) is 4.98 Å². The molecule has 5 heteroatoms. The van der Waals surface area contributed by atoms with E-state index in [0.29, 0.717) is 18.0 Å². The second-order valence-electron chi connectivity index (χ2n) is 2.86. The van der Waals surface area contributed by atoms with Gasteiger partial charge in [0.15, 0.2) is 0 Å². The molecule has 0 atom stereocenters. The van der Waals surface area contributed by atoms with Crippen molar-refractivity contribution in [3.63, 3.8) is 0 Å². The van der Waals surface area contributed by atoms with Gasteiger partial charge < -0.3 is 9.88 Å². The number of carbonyl (C=O) groups excluding carboxylic acids is 1. The van der Waals surface area contributed by atoms with Crippen molar-refractivity contribution < 1.29 is 4.79 Å². The molecule has 4 nitrogen and oxygen atoms in total. The highest BCUT2D eigenvalue weighted by Crippen LogP contribution is 1.99. The van der Waals surface area contributed by atoms with Crippen LogP contribution in [0.5, 0.6) is 0 Å². The Bertz CT molecular complexity index is 355. The minimum atomic E-state index is -0.221. The quantitative estimate of drug-likeness (QED) is 0.753. The maximum absolute atomic E-state index is 11.6. The molecule has 1 aromatic rings. The molecule has 0 radical (unpaired) electrons. The van der Waals surface area contributed by atoms with Gasteiger partial charge in [0.1, 0.15) is 0 Å². The van der Waals surface area contributed by atoms with E-state index < -0.39 is 0 Å². The Hall–Kier alpha value is -1.29. The van der Waals surface area contributed by atoms with Crippen molar-refractivity contribution in [1.82, 2.24) is 9.88 Å². The third kappa shape index (κ3) is 2.60. The summed E-state index contributed by atoms with van der Waals surface area (Å²) in [6, 6.07) is 2.81. The van der Waals surface area contributed by atoms with Crippen molar-refractivity contribution >= 4 is 17.5 Å².